The third kappa shape index (κ3) is 2.69. The highest BCUT2D eigenvalue weighted by Crippen LogP contribution is 2.54. The maximum Gasteiger partial charge on any atom is 0.250 e. The fraction of sp³-hybridized carbons (Fsp3) is 0.500. The summed E-state index contributed by atoms with van der Waals surface area (Å²) in [6, 6.07) is 4.18. The normalized spacial score (nSPS) is 31.2. The maximum absolute atomic E-state index is 13.4. The number of fused-ring (bicyclic) bond motifs is 4. The number of anilines is 1. The maximum atomic E-state index is 13.4. The summed E-state index contributed by atoms with van der Waals surface area (Å²) in [7, 11) is 0. The minimum absolute atomic E-state index is 0.0474. The van der Waals surface area contributed by atoms with Crippen LogP contribution in [0.25, 0.3) is 0 Å². The Hall–Kier alpha value is -2.45. The topological polar surface area (TPSA) is 122 Å². The summed E-state index contributed by atoms with van der Waals surface area (Å²) in [5, 5.41) is 6.49. The van der Waals surface area contributed by atoms with Gasteiger partial charge in [0.2, 0.25) is 23.6 Å². The van der Waals surface area contributed by atoms with Gasteiger partial charge in [0.05, 0.1) is 11.8 Å². The van der Waals surface area contributed by atoms with Crippen molar-refractivity contribution in [3.05, 3.63) is 28.8 Å². The van der Waals surface area contributed by atoms with Crippen LogP contribution in [0.4, 0.5) is 5.69 Å². The highest BCUT2D eigenvalue weighted by molar-refractivity contribution is 6.31. The third-order valence-electron chi connectivity index (χ3n) is 6.44. The van der Waals surface area contributed by atoms with Gasteiger partial charge in [-0.3, -0.25) is 29.4 Å². The zero-order valence-corrected chi connectivity index (χ0v) is 17.0. The van der Waals surface area contributed by atoms with Gasteiger partial charge in [-0.25, -0.2) is 0 Å². The van der Waals surface area contributed by atoms with E-state index in [1.54, 1.807) is 18.2 Å². The molecule has 0 aromatic heterocycles. The number of primary amides is 1. The number of carbonyl (C=O) groups excluding carboxylic acids is 4. The molecular weight excluding hydrogens is 396 g/mol. The van der Waals surface area contributed by atoms with E-state index in [4.69, 9.17) is 17.3 Å². The van der Waals surface area contributed by atoms with Gasteiger partial charge in [-0.05, 0) is 38.0 Å². The molecule has 4 amide bonds. The summed E-state index contributed by atoms with van der Waals surface area (Å²) >= 11 is 6.19. The van der Waals surface area contributed by atoms with E-state index in [0.29, 0.717) is 22.7 Å². The summed E-state index contributed by atoms with van der Waals surface area (Å²) < 4.78 is 0. The van der Waals surface area contributed by atoms with Crippen LogP contribution in [0.15, 0.2) is 18.2 Å². The molecule has 8 nitrogen and oxygen atoms in total. The number of nitrogens with two attached hydrogens (primary N) is 1. The predicted octanol–water partition coefficient (Wildman–Crippen LogP) is 1.12. The first kappa shape index (κ1) is 19.8. The quantitative estimate of drug-likeness (QED) is 0.618. The SMILES string of the molecule is CC[C@@H](C)N1C(=O)[C@H]2[C@@H](C1=O)[C@@]1(N[C@@H]2CCC(N)=O)C(=O)Nc2ccc(Cl)cc21. The van der Waals surface area contributed by atoms with Crippen LogP contribution >= 0.6 is 11.6 Å². The van der Waals surface area contributed by atoms with Crippen molar-refractivity contribution in [2.75, 3.05) is 5.32 Å². The van der Waals surface area contributed by atoms with Gasteiger partial charge in [0.25, 0.3) is 0 Å². The average molecular weight is 419 g/mol. The Kier molecular flexibility index (Phi) is 4.66. The number of imide groups is 1. The summed E-state index contributed by atoms with van der Waals surface area (Å²) in [5.41, 5.74) is 5.02. The monoisotopic (exact) mass is 418 g/mol. The van der Waals surface area contributed by atoms with Gasteiger partial charge >= 0.3 is 0 Å². The molecule has 4 rings (SSSR count). The fourth-order valence-electron chi connectivity index (χ4n) is 4.96. The van der Waals surface area contributed by atoms with Gasteiger partial charge in [0, 0.05) is 34.8 Å². The molecule has 154 valence electrons. The lowest BCUT2D eigenvalue weighted by molar-refractivity contribution is -0.145. The van der Waals surface area contributed by atoms with Crippen molar-refractivity contribution >= 4 is 40.9 Å². The van der Waals surface area contributed by atoms with Crippen molar-refractivity contribution in [2.45, 2.75) is 50.7 Å². The number of hydrogen-bond donors (Lipinski definition) is 3. The number of likely N-dealkylation sites (tertiary alicyclic amines) is 1. The number of nitrogens with zero attached hydrogens (tertiary/aromatic N) is 1. The van der Waals surface area contributed by atoms with Gasteiger partial charge in [0.1, 0.15) is 5.54 Å². The Morgan fingerprint density at radius 3 is 2.69 bits per heavy atom. The molecular formula is C20H23ClN4O4. The second-order valence-electron chi connectivity index (χ2n) is 8.02. The molecule has 5 atom stereocenters. The Morgan fingerprint density at radius 2 is 2.03 bits per heavy atom. The lowest BCUT2D eigenvalue weighted by atomic mass is 9.76. The van der Waals surface area contributed by atoms with Gasteiger partial charge < -0.3 is 11.1 Å². The first-order chi connectivity index (χ1) is 13.7. The van der Waals surface area contributed by atoms with Crippen LogP contribution in [0.2, 0.25) is 5.02 Å². The van der Waals surface area contributed by atoms with Crippen LogP contribution in [0, 0.1) is 11.8 Å². The number of rotatable bonds is 5. The molecule has 4 N–H and O–H groups in total. The average Bonchev–Trinajstić information content (AvgIpc) is 3.25. The molecule has 1 spiro atoms. The smallest absolute Gasteiger partial charge is 0.250 e. The zero-order chi connectivity index (χ0) is 21.1. The molecule has 0 saturated carbocycles. The molecule has 9 heteroatoms. The molecule has 0 radical (unpaired) electrons. The number of benzene rings is 1. The van der Waals surface area contributed by atoms with Crippen molar-refractivity contribution in [1.29, 1.82) is 0 Å². The van der Waals surface area contributed by atoms with Crippen LogP contribution in [0.1, 0.15) is 38.7 Å². The van der Waals surface area contributed by atoms with E-state index in [-0.39, 0.29) is 30.7 Å². The highest BCUT2D eigenvalue weighted by Gasteiger charge is 2.70. The Morgan fingerprint density at radius 1 is 1.31 bits per heavy atom. The Balaban J connectivity index is 1.85. The minimum atomic E-state index is -1.40. The summed E-state index contributed by atoms with van der Waals surface area (Å²) in [5.74, 6) is -3.21. The largest absolute Gasteiger partial charge is 0.370 e. The number of carbonyl (C=O) groups is 4. The molecule has 3 aliphatic rings. The van der Waals surface area contributed by atoms with Crippen molar-refractivity contribution in [1.82, 2.24) is 10.2 Å². The number of halogens is 1. The highest BCUT2D eigenvalue weighted by atomic mass is 35.5. The lowest BCUT2D eigenvalue weighted by Gasteiger charge is -2.31. The Bertz CT molecular complexity index is 935. The first-order valence-electron chi connectivity index (χ1n) is 9.76. The van der Waals surface area contributed by atoms with Gasteiger partial charge in [0.15, 0.2) is 0 Å². The van der Waals surface area contributed by atoms with E-state index in [1.807, 2.05) is 13.8 Å². The molecule has 2 fully saturated rings. The molecule has 1 aromatic carbocycles. The second kappa shape index (κ2) is 6.81. The van der Waals surface area contributed by atoms with E-state index in [2.05, 4.69) is 10.6 Å². The first-order valence-corrected chi connectivity index (χ1v) is 10.1. The Labute approximate surface area is 173 Å². The fourth-order valence-corrected chi connectivity index (χ4v) is 5.13. The van der Waals surface area contributed by atoms with Crippen LogP contribution in [0.5, 0.6) is 0 Å². The molecule has 0 bridgehead atoms. The van der Waals surface area contributed by atoms with Crippen molar-refractivity contribution in [3.63, 3.8) is 0 Å². The van der Waals surface area contributed by atoms with Crippen LogP contribution < -0.4 is 16.4 Å². The van der Waals surface area contributed by atoms with Gasteiger partial charge in [-0.15, -0.1) is 0 Å². The predicted molar refractivity (Wildman–Crippen MR) is 106 cm³/mol. The molecule has 2 saturated heterocycles. The standard InChI is InChI=1S/C20H23ClN4O4/c1-3-9(2)25-17(27)15-13(6-7-14(22)26)24-20(16(15)18(25)28)11-8-10(21)4-5-12(11)23-19(20)29/h4-5,8-9,13,15-16,24H,3,6-7H2,1-2H3,(H2,22,26)(H,23,29)/t9-,13-,15-,16+,20-/m1/s1. The van der Waals surface area contributed by atoms with E-state index in [0.717, 1.165) is 0 Å². The number of amides is 4. The summed E-state index contributed by atoms with van der Waals surface area (Å²) in [4.78, 5) is 52.6. The molecule has 3 heterocycles. The van der Waals surface area contributed by atoms with Crippen LogP contribution in [0.3, 0.4) is 0 Å². The van der Waals surface area contributed by atoms with E-state index in [9.17, 15) is 19.2 Å². The molecule has 1 aromatic rings. The molecule has 3 aliphatic heterocycles. The second-order valence-corrected chi connectivity index (χ2v) is 8.45. The molecule has 0 aliphatic carbocycles. The van der Waals surface area contributed by atoms with E-state index in [1.165, 1.54) is 4.90 Å². The minimum Gasteiger partial charge on any atom is -0.370 e. The summed E-state index contributed by atoms with van der Waals surface area (Å²) in [6.45, 7) is 3.71. The zero-order valence-electron chi connectivity index (χ0n) is 16.2. The molecule has 29 heavy (non-hydrogen) atoms. The van der Waals surface area contributed by atoms with Gasteiger partial charge in [-0.2, -0.15) is 0 Å². The van der Waals surface area contributed by atoms with Crippen molar-refractivity contribution < 1.29 is 19.2 Å². The number of nitrogens with one attached hydrogen (secondary N) is 2. The van der Waals surface area contributed by atoms with Crippen molar-refractivity contribution in [3.8, 4) is 0 Å². The van der Waals surface area contributed by atoms with Crippen molar-refractivity contribution in [2.24, 2.45) is 17.6 Å². The van der Waals surface area contributed by atoms with Crippen LogP contribution in [-0.2, 0) is 24.7 Å². The number of hydrogen-bond acceptors (Lipinski definition) is 5. The lowest BCUT2D eigenvalue weighted by Crippen LogP contribution is -2.54. The third-order valence-corrected chi connectivity index (χ3v) is 6.68. The van der Waals surface area contributed by atoms with Crippen LogP contribution in [-0.4, -0.2) is 40.6 Å². The van der Waals surface area contributed by atoms with Gasteiger partial charge in [-0.1, -0.05) is 18.5 Å². The van der Waals surface area contributed by atoms with E-state index < -0.39 is 35.2 Å². The summed E-state index contributed by atoms with van der Waals surface area (Å²) in [6.07, 6.45) is 0.915. The van der Waals surface area contributed by atoms with E-state index >= 15 is 0 Å². The molecule has 0 unspecified atom stereocenters.